The number of benzene rings is 1. The first kappa shape index (κ1) is 18.3. The van der Waals surface area contributed by atoms with Gasteiger partial charge in [0.2, 0.25) is 0 Å². The van der Waals surface area contributed by atoms with Gasteiger partial charge in [0.1, 0.15) is 11.3 Å². The van der Waals surface area contributed by atoms with Crippen molar-refractivity contribution in [2.24, 2.45) is 4.99 Å². The van der Waals surface area contributed by atoms with Crippen LogP contribution in [-0.2, 0) is 6.54 Å². The highest BCUT2D eigenvalue weighted by Crippen LogP contribution is 2.25. The zero-order valence-corrected chi connectivity index (χ0v) is 16.1. The van der Waals surface area contributed by atoms with E-state index >= 15 is 0 Å². The normalized spacial score (nSPS) is 17.3. The predicted molar refractivity (Wildman–Crippen MR) is 109 cm³/mol. The number of guanidine groups is 1. The zero-order valence-electron chi connectivity index (χ0n) is 16.1. The van der Waals surface area contributed by atoms with Gasteiger partial charge in [-0.05, 0) is 31.5 Å². The molecule has 0 amide bonds. The van der Waals surface area contributed by atoms with Gasteiger partial charge in [-0.3, -0.25) is 4.99 Å². The van der Waals surface area contributed by atoms with Gasteiger partial charge in [0.25, 0.3) is 0 Å². The number of aryl methyl sites for hydroxylation is 1. The highest BCUT2D eigenvalue weighted by atomic mass is 19.1. The number of fused-ring (bicyclic) bond motifs is 1. The molecule has 1 aliphatic rings. The first-order valence-electron chi connectivity index (χ1n) is 9.45. The number of pyridine rings is 1. The minimum absolute atomic E-state index is 0.171. The Kier molecular flexibility index (Phi) is 5.14. The van der Waals surface area contributed by atoms with Crippen LogP contribution in [0.25, 0.3) is 11.0 Å². The fourth-order valence-electron chi connectivity index (χ4n) is 3.63. The number of anilines is 1. The van der Waals surface area contributed by atoms with E-state index in [1.807, 2.05) is 23.1 Å². The molecule has 146 valence electrons. The number of rotatable bonds is 4. The molecule has 7 heteroatoms. The van der Waals surface area contributed by atoms with Gasteiger partial charge in [-0.2, -0.15) is 0 Å². The van der Waals surface area contributed by atoms with Crippen molar-refractivity contribution >= 4 is 22.7 Å². The maximum atomic E-state index is 14.0. The van der Waals surface area contributed by atoms with E-state index in [4.69, 9.17) is 4.42 Å². The lowest BCUT2D eigenvalue weighted by Crippen LogP contribution is -2.44. The van der Waals surface area contributed by atoms with Crippen LogP contribution < -0.4 is 15.5 Å². The topological polar surface area (TPSA) is 65.7 Å². The number of nitrogens with zero attached hydrogens (tertiary/aromatic N) is 3. The summed E-state index contributed by atoms with van der Waals surface area (Å²) in [6.07, 6.45) is 2.51. The Morgan fingerprint density at radius 2 is 2.18 bits per heavy atom. The van der Waals surface area contributed by atoms with E-state index in [0.717, 1.165) is 35.3 Å². The van der Waals surface area contributed by atoms with E-state index in [1.165, 1.54) is 6.07 Å². The molecule has 1 aliphatic heterocycles. The van der Waals surface area contributed by atoms with Crippen LogP contribution in [0.1, 0.15) is 17.7 Å². The number of halogens is 1. The van der Waals surface area contributed by atoms with Crippen molar-refractivity contribution in [2.45, 2.75) is 25.9 Å². The number of aliphatic imine (C=N–C) groups is 1. The van der Waals surface area contributed by atoms with Gasteiger partial charge in [-0.1, -0.05) is 18.2 Å². The zero-order chi connectivity index (χ0) is 19.5. The van der Waals surface area contributed by atoms with E-state index in [1.54, 1.807) is 19.3 Å². The summed E-state index contributed by atoms with van der Waals surface area (Å²) < 4.78 is 19.9. The van der Waals surface area contributed by atoms with Crippen molar-refractivity contribution in [1.82, 2.24) is 15.6 Å². The smallest absolute Gasteiger partial charge is 0.191 e. The van der Waals surface area contributed by atoms with Gasteiger partial charge in [0.15, 0.2) is 17.6 Å². The summed E-state index contributed by atoms with van der Waals surface area (Å²) in [5.41, 5.74) is 2.03. The number of para-hydroxylation sites is 1. The second-order valence-electron chi connectivity index (χ2n) is 6.96. The fourth-order valence-corrected chi connectivity index (χ4v) is 3.63. The van der Waals surface area contributed by atoms with Gasteiger partial charge in [0.05, 0.1) is 6.54 Å². The second-order valence-corrected chi connectivity index (χ2v) is 6.96. The third-order valence-corrected chi connectivity index (χ3v) is 5.15. The number of hydrogen-bond donors (Lipinski definition) is 2. The van der Waals surface area contributed by atoms with Crippen molar-refractivity contribution in [3.8, 4) is 0 Å². The number of aromatic nitrogens is 1. The Bertz CT molecular complexity index is 999. The minimum Gasteiger partial charge on any atom is -0.459 e. The Morgan fingerprint density at radius 1 is 1.32 bits per heavy atom. The Balaban J connectivity index is 1.36. The Morgan fingerprint density at radius 3 is 2.96 bits per heavy atom. The molecule has 1 saturated heterocycles. The van der Waals surface area contributed by atoms with Crippen molar-refractivity contribution in [3.05, 3.63) is 59.7 Å². The molecular weight excluding hydrogens is 357 g/mol. The van der Waals surface area contributed by atoms with Crippen molar-refractivity contribution in [1.29, 1.82) is 0 Å². The monoisotopic (exact) mass is 381 g/mol. The maximum Gasteiger partial charge on any atom is 0.191 e. The van der Waals surface area contributed by atoms with E-state index in [-0.39, 0.29) is 11.9 Å². The lowest BCUT2D eigenvalue weighted by molar-refractivity contribution is 0.532. The predicted octanol–water partition coefficient (Wildman–Crippen LogP) is 3.22. The van der Waals surface area contributed by atoms with Gasteiger partial charge in [0, 0.05) is 43.3 Å². The molecule has 1 unspecified atom stereocenters. The Hall–Kier alpha value is -3.09. The maximum absolute atomic E-state index is 14.0. The lowest BCUT2D eigenvalue weighted by atomic mass is 10.1. The molecule has 3 aromatic rings. The molecule has 2 N–H and O–H groups in total. The molecule has 0 aliphatic carbocycles. The quantitative estimate of drug-likeness (QED) is 0.537. The minimum atomic E-state index is -0.286. The molecule has 3 heterocycles. The van der Waals surface area contributed by atoms with E-state index in [2.05, 4.69) is 33.6 Å². The average molecular weight is 381 g/mol. The van der Waals surface area contributed by atoms with Crippen molar-refractivity contribution in [2.75, 3.05) is 25.0 Å². The number of hydrogen-bond acceptors (Lipinski definition) is 4. The standard InChI is InChI=1S/C21H24FN5O/c1-14-16-6-3-4-8-18(16)28-19(14)12-25-21(23-2)26-15-9-11-27(13-15)20-17(22)7-5-10-24-20/h3-8,10,15H,9,11-13H2,1-2H3,(H2,23,25,26). The van der Waals surface area contributed by atoms with E-state index in [9.17, 15) is 4.39 Å². The molecule has 0 bridgehead atoms. The summed E-state index contributed by atoms with van der Waals surface area (Å²) in [5, 5.41) is 7.86. The van der Waals surface area contributed by atoms with Gasteiger partial charge < -0.3 is 20.0 Å². The van der Waals surface area contributed by atoms with Gasteiger partial charge in [-0.15, -0.1) is 0 Å². The van der Waals surface area contributed by atoms with Crippen LogP contribution in [0, 0.1) is 12.7 Å². The second kappa shape index (κ2) is 7.88. The SMILES string of the molecule is CN=C(NCc1oc2ccccc2c1C)NC1CCN(c2ncccc2F)C1. The summed E-state index contributed by atoms with van der Waals surface area (Å²) in [7, 11) is 1.74. The summed E-state index contributed by atoms with van der Waals surface area (Å²) in [4.78, 5) is 10.4. The first-order valence-corrected chi connectivity index (χ1v) is 9.45. The molecule has 1 aromatic carbocycles. The van der Waals surface area contributed by atoms with Gasteiger partial charge in [-0.25, -0.2) is 9.37 Å². The number of furan rings is 1. The van der Waals surface area contributed by atoms with Crippen LogP contribution in [0.5, 0.6) is 0 Å². The van der Waals surface area contributed by atoms with Crippen molar-refractivity contribution in [3.63, 3.8) is 0 Å². The lowest BCUT2D eigenvalue weighted by Gasteiger charge is -2.19. The largest absolute Gasteiger partial charge is 0.459 e. The molecule has 0 radical (unpaired) electrons. The summed E-state index contributed by atoms with van der Waals surface area (Å²) in [6, 6.07) is 11.2. The average Bonchev–Trinajstić information content (AvgIpc) is 3.30. The Labute approximate surface area is 163 Å². The van der Waals surface area contributed by atoms with Crippen LogP contribution in [0.4, 0.5) is 10.2 Å². The summed E-state index contributed by atoms with van der Waals surface area (Å²) in [5.74, 6) is 1.72. The molecule has 28 heavy (non-hydrogen) atoms. The number of nitrogens with one attached hydrogen (secondary N) is 2. The van der Waals surface area contributed by atoms with E-state index in [0.29, 0.717) is 24.9 Å². The highest BCUT2D eigenvalue weighted by molar-refractivity contribution is 5.83. The molecule has 2 aromatic heterocycles. The van der Waals surface area contributed by atoms with Crippen molar-refractivity contribution < 1.29 is 8.81 Å². The van der Waals surface area contributed by atoms with Crippen LogP contribution in [0.2, 0.25) is 0 Å². The molecule has 4 rings (SSSR count). The third-order valence-electron chi connectivity index (χ3n) is 5.15. The summed E-state index contributed by atoms with van der Waals surface area (Å²) >= 11 is 0. The molecular formula is C21H24FN5O. The molecule has 0 saturated carbocycles. The van der Waals surface area contributed by atoms with Gasteiger partial charge >= 0.3 is 0 Å². The van der Waals surface area contributed by atoms with Crippen LogP contribution >= 0.6 is 0 Å². The van der Waals surface area contributed by atoms with Crippen LogP contribution in [0.15, 0.2) is 52.0 Å². The summed E-state index contributed by atoms with van der Waals surface area (Å²) in [6.45, 7) is 4.05. The molecule has 6 nitrogen and oxygen atoms in total. The van der Waals surface area contributed by atoms with Crippen LogP contribution in [0.3, 0.4) is 0 Å². The first-order chi connectivity index (χ1) is 13.7. The fraction of sp³-hybridized carbons (Fsp3) is 0.333. The van der Waals surface area contributed by atoms with Crippen LogP contribution in [-0.4, -0.2) is 37.1 Å². The molecule has 1 fully saturated rings. The molecule has 0 spiro atoms. The third kappa shape index (κ3) is 3.65. The molecule has 1 atom stereocenters. The van der Waals surface area contributed by atoms with E-state index < -0.39 is 0 Å². The highest BCUT2D eigenvalue weighted by Gasteiger charge is 2.26.